The minimum Gasteiger partial charge on any atom is -0.497 e. The van der Waals surface area contributed by atoms with Crippen LogP contribution in [0.25, 0.3) is 0 Å². The Labute approximate surface area is 111 Å². The van der Waals surface area contributed by atoms with Crippen molar-refractivity contribution in [2.45, 2.75) is 19.6 Å². The third-order valence-corrected chi connectivity index (χ3v) is 6.01. The van der Waals surface area contributed by atoms with Crippen molar-refractivity contribution in [2.24, 2.45) is 0 Å². The molecule has 0 atom stereocenters. The highest BCUT2D eigenvalue weighted by Crippen LogP contribution is 2.21. The predicted octanol–water partition coefficient (Wildman–Crippen LogP) is 2.65. The van der Waals surface area contributed by atoms with Crippen molar-refractivity contribution in [3.8, 4) is 5.75 Å². The second kappa shape index (κ2) is 5.32. The maximum Gasteiger partial charge on any atom is 0.119 e. The summed E-state index contributed by atoms with van der Waals surface area (Å²) in [5.74, 6) is 0.930. The molecule has 0 amide bonds. The van der Waals surface area contributed by atoms with E-state index >= 15 is 0 Å². The summed E-state index contributed by atoms with van der Waals surface area (Å²) in [6.07, 6.45) is 0. The lowest BCUT2D eigenvalue weighted by molar-refractivity contribution is 0.389. The van der Waals surface area contributed by atoms with Gasteiger partial charge in [-0.15, -0.1) is 0 Å². The summed E-state index contributed by atoms with van der Waals surface area (Å²) in [5.41, 5.74) is 1.31. The van der Waals surface area contributed by atoms with E-state index in [0.29, 0.717) is 0 Å². The molecule has 0 N–H and O–H groups in total. The zero-order chi connectivity index (χ0) is 13.2. The molecule has 0 radical (unpaired) electrons. The minimum absolute atomic E-state index is 0.930. The predicted molar refractivity (Wildman–Crippen MR) is 80.1 cm³/mol. The van der Waals surface area contributed by atoms with Crippen LogP contribution >= 0.6 is 0 Å². The van der Waals surface area contributed by atoms with Crippen LogP contribution in [0, 0.1) is 0 Å². The van der Waals surface area contributed by atoms with E-state index < -0.39 is 8.24 Å². The molecule has 4 heteroatoms. The molecule has 100 valence electrons. The van der Waals surface area contributed by atoms with Gasteiger partial charge < -0.3 is 14.2 Å². The standard InChI is InChI=1S/C14H24N2OSi/c1-17-14-7-5-13(6-8-14)15-9-11-16(12-10-15)18(2,3)4/h5-8H,9-12H2,1-4H3. The fourth-order valence-electron chi connectivity index (χ4n) is 2.43. The fraction of sp³-hybridized carbons (Fsp3) is 0.571. The molecule has 0 bridgehead atoms. The van der Waals surface area contributed by atoms with Gasteiger partial charge in [0.1, 0.15) is 14.0 Å². The SMILES string of the molecule is COc1ccc(N2CCN([Si](C)(C)C)CC2)cc1. The Kier molecular flexibility index (Phi) is 3.97. The Hall–Kier alpha value is -1.00. The van der Waals surface area contributed by atoms with Crippen LogP contribution in [0.1, 0.15) is 0 Å². The van der Waals surface area contributed by atoms with Crippen LogP contribution in [0.2, 0.25) is 19.6 Å². The second-order valence-electron chi connectivity index (χ2n) is 5.84. The first-order valence-corrected chi connectivity index (χ1v) is 10.1. The van der Waals surface area contributed by atoms with Gasteiger partial charge in [0.05, 0.1) is 7.11 Å². The van der Waals surface area contributed by atoms with Gasteiger partial charge in [-0.3, -0.25) is 0 Å². The van der Waals surface area contributed by atoms with Gasteiger partial charge in [-0.2, -0.15) is 0 Å². The van der Waals surface area contributed by atoms with E-state index in [1.165, 1.54) is 18.8 Å². The minimum atomic E-state index is -1.11. The summed E-state index contributed by atoms with van der Waals surface area (Å²) in [5, 5.41) is 0. The van der Waals surface area contributed by atoms with Crippen LogP contribution in [-0.2, 0) is 0 Å². The van der Waals surface area contributed by atoms with Crippen molar-refractivity contribution in [3.63, 3.8) is 0 Å². The molecule has 1 aliphatic heterocycles. The lowest BCUT2D eigenvalue weighted by atomic mass is 10.2. The molecule has 1 aromatic rings. The van der Waals surface area contributed by atoms with Crippen LogP contribution in [0.3, 0.4) is 0 Å². The van der Waals surface area contributed by atoms with E-state index in [2.05, 4.69) is 41.2 Å². The molecule has 1 saturated heterocycles. The van der Waals surface area contributed by atoms with Gasteiger partial charge in [0.25, 0.3) is 0 Å². The largest absolute Gasteiger partial charge is 0.497 e. The van der Waals surface area contributed by atoms with Gasteiger partial charge in [0, 0.05) is 31.9 Å². The summed E-state index contributed by atoms with van der Waals surface area (Å²) in [6, 6.07) is 8.40. The molecule has 0 saturated carbocycles. The van der Waals surface area contributed by atoms with Gasteiger partial charge in [-0.25, -0.2) is 0 Å². The van der Waals surface area contributed by atoms with E-state index in [9.17, 15) is 0 Å². The average Bonchev–Trinajstić information content (AvgIpc) is 2.38. The number of rotatable bonds is 3. The summed E-state index contributed by atoms with van der Waals surface area (Å²) < 4.78 is 7.88. The van der Waals surface area contributed by atoms with E-state index in [4.69, 9.17) is 4.74 Å². The molecule has 0 unspecified atom stereocenters. The number of piperazine rings is 1. The number of ether oxygens (including phenoxy) is 1. The summed E-state index contributed by atoms with van der Waals surface area (Å²) in [6.45, 7) is 11.9. The van der Waals surface area contributed by atoms with E-state index in [1.54, 1.807) is 7.11 Å². The number of methoxy groups -OCH3 is 1. The highest BCUT2D eigenvalue weighted by atomic mass is 28.3. The van der Waals surface area contributed by atoms with Crippen molar-refractivity contribution >= 4 is 13.9 Å². The molecular weight excluding hydrogens is 240 g/mol. The molecule has 2 rings (SSSR count). The van der Waals surface area contributed by atoms with Crippen molar-refractivity contribution in [2.75, 3.05) is 38.2 Å². The molecule has 18 heavy (non-hydrogen) atoms. The van der Waals surface area contributed by atoms with Crippen molar-refractivity contribution in [1.82, 2.24) is 4.57 Å². The molecule has 1 aromatic carbocycles. The number of nitrogens with zero attached hydrogens (tertiary/aromatic N) is 2. The summed E-state index contributed by atoms with van der Waals surface area (Å²) in [7, 11) is 0.595. The first-order valence-electron chi connectivity index (χ1n) is 6.65. The summed E-state index contributed by atoms with van der Waals surface area (Å²) in [4.78, 5) is 2.47. The monoisotopic (exact) mass is 264 g/mol. The lowest BCUT2D eigenvalue weighted by Gasteiger charge is -2.42. The van der Waals surface area contributed by atoms with Gasteiger partial charge in [0.15, 0.2) is 0 Å². The zero-order valence-electron chi connectivity index (χ0n) is 11.9. The zero-order valence-corrected chi connectivity index (χ0v) is 12.9. The highest BCUT2D eigenvalue weighted by Gasteiger charge is 2.27. The van der Waals surface area contributed by atoms with Gasteiger partial charge >= 0.3 is 0 Å². The molecule has 0 aromatic heterocycles. The molecule has 1 aliphatic rings. The Morgan fingerprint density at radius 3 is 1.94 bits per heavy atom. The maximum atomic E-state index is 5.20. The molecule has 1 heterocycles. The highest BCUT2D eigenvalue weighted by molar-refractivity contribution is 6.73. The maximum absolute atomic E-state index is 5.20. The van der Waals surface area contributed by atoms with Crippen molar-refractivity contribution < 1.29 is 4.74 Å². The third kappa shape index (κ3) is 3.06. The van der Waals surface area contributed by atoms with Crippen LogP contribution in [0.5, 0.6) is 5.75 Å². The van der Waals surface area contributed by atoms with Crippen molar-refractivity contribution in [3.05, 3.63) is 24.3 Å². The number of hydrogen-bond donors (Lipinski definition) is 0. The van der Waals surface area contributed by atoms with E-state index in [1.807, 2.05) is 12.1 Å². The topological polar surface area (TPSA) is 15.7 Å². The molecule has 1 fully saturated rings. The third-order valence-electron chi connectivity index (χ3n) is 3.67. The van der Waals surface area contributed by atoms with Crippen LogP contribution in [0.15, 0.2) is 24.3 Å². The number of benzene rings is 1. The Morgan fingerprint density at radius 1 is 0.944 bits per heavy atom. The van der Waals surface area contributed by atoms with Gasteiger partial charge in [-0.05, 0) is 24.3 Å². The van der Waals surface area contributed by atoms with Gasteiger partial charge in [0.2, 0.25) is 0 Å². The Bertz CT molecular complexity index is 378. The smallest absolute Gasteiger partial charge is 0.119 e. The Balaban J connectivity index is 1.96. The van der Waals surface area contributed by atoms with Crippen LogP contribution < -0.4 is 9.64 Å². The second-order valence-corrected chi connectivity index (χ2v) is 10.8. The number of anilines is 1. The normalized spacial score (nSPS) is 17.9. The van der Waals surface area contributed by atoms with Crippen molar-refractivity contribution in [1.29, 1.82) is 0 Å². The van der Waals surface area contributed by atoms with Crippen LogP contribution in [0.4, 0.5) is 5.69 Å². The quantitative estimate of drug-likeness (QED) is 0.781. The number of hydrogen-bond acceptors (Lipinski definition) is 3. The van der Waals surface area contributed by atoms with Crippen LogP contribution in [-0.4, -0.2) is 46.1 Å². The lowest BCUT2D eigenvalue weighted by Crippen LogP contribution is -2.56. The first kappa shape index (κ1) is 13.4. The fourth-order valence-corrected chi connectivity index (χ4v) is 3.97. The molecule has 3 nitrogen and oxygen atoms in total. The van der Waals surface area contributed by atoms with Gasteiger partial charge in [-0.1, -0.05) is 19.6 Å². The van der Waals surface area contributed by atoms with E-state index in [-0.39, 0.29) is 0 Å². The first-order chi connectivity index (χ1) is 8.50. The molecule has 0 spiro atoms. The molecular formula is C14H24N2OSi. The molecule has 0 aliphatic carbocycles. The Morgan fingerprint density at radius 2 is 1.50 bits per heavy atom. The average molecular weight is 264 g/mol. The summed E-state index contributed by atoms with van der Waals surface area (Å²) >= 11 is 0. The van der Waals surface area contributed by atoms with E-state index in [0.717, 1.165) is 18.8 Å².